The van der Waals surface area contributed by atoms with Gasteiger partial charge in [-0.15, -0.1) is 24.9 Å². The van der Waals surface area contributed by atoms with Crippen molar-refractivity contribution in [3.8, 4) is 5.75 Å². The van der Waals surface area contributed by atoms with E-state index in [2.05, 4.69) is 10.1 Å². The van der Waals surface area contributed by atoms with Gasteiger partial charge < -0.3 is 15.8 Å². The van der Waals surface area contributed by atoms with Crippen LogP contribution >= 0.6 is 11.8 Å². The fourth-order valence-electron chi connectivity index (χ4n) is 2.24. The topological polar surface area (TPSA) is 81.4 Å². The molecule has 0 heterocycles. The molecule has 0 saturated carbocycles. The van der Waals surface area contributed by atoms with E-state index in [-0.39, 0.29) is 17.4 Å². The fraction of sp³-hybridized carbons (Fsp3) is 0.222. The van der Waals surface area contributed by atoms with Gasteiger partial charge in [0, 0.05) is 4.90 Å². The second-order valence-corrected chi connectivity index (χ2v) is 6.58. The van der Waals surface area contributed by atoms with Crippen LogP contribution in [0, 0.1) is 0 Å². The summed E-state index contributed by atoms with van der Waals surface area (Å²) in [5.41, 5.74) is 6.13. The summed E-state index contributed by atoms with van der Waals surface area (Å²) >= 11 is 1.16. The van der Waals surface area contributed by atoms with Crippen LogP contribution in [0.5, 0.6) is 5.75 Å². The summed E-state index contributed by atoms with van der Waals surface area (Å²) in [7, 11) is 0. The number of hydrogen-bond acceptors (Lipinski definition) is 4. The number of carbonyl (C=O) groups is 2. The Bertz CT molecular complexity index is 810. The Hall–Kier alpha value is -2.68. The average Bonchev–Trinajstić information content (AvgIpc) is 2.59. The summed E-state index contributed by atoms with van der Waals surface area (Å²) < 4.78 is 40.4. The monoisotopic (exact) mass is 398 g/mol. The number of hydrogen-bond donors (Lipinski definition) is 2. The molecule has 0 fully saturated rings. The molecule has 0 aliphatic rings. The Kier molecular flexibility index (Phi) is 6.73. The Morgan fingerprint density at radius 2 is 1.78 bits per heavy atom. The number of nitrogens with two attached hydrogens (primary N) is 1. The Morgan fingerprint density at radius 1 is 1.15 bits per heavy atom. The van der Waals surface area contributed by atoms with Crippen LogP contribution in [0.25, 0.3) is 0 Å². The van der Waals surface area contributed by atoms with Gasteiger partial charge in [-0.1, -0.05) is 24.3 Å². The molecule has 1 atom stereocenters. The minimum atomic E-state index is -4.76. The lowest BCUT2D eigenvalue weighted by molar-refractivity contribution is -0.274. The molecule has 0 bridgehead atoms. The molecule has 2 amide bonds. The van der Waals surface area contributed by atoms with Crippen molar-refractivity contribution in [1.29, 1.82) is 0 Å². The van der Waals surface area contributed by atoms with Crippen molar-refractivity contribution in [3.63, 3.8) is 0 Å². The third-order valence-electron chi connectivity index (χ3n) is 3.46. The highest BCUT2D eigenvalue weighted by molar-refractivity contribution is 8.00. The van der Waals surface area contributed by atoms with E-state index in [1.807, 2.05) is 0 Å². The van der Waals surface area contributed by atoms with Gasteiger partial charge in [0.2, 0.25) is 5.91 Å². The molecule has 5 nitrogen and oxygen atoms in total. The first-order valence-corrected chi connectivity index (χ1v) is 8.81. The van der Waals surface area contributed by atoms with E-state index in [4.69, 9.17) is 5.73 Å². The molecule has 0 aliphatic carbocycles. The fourth-order valence-corrected chi connectivity index (χ4v) is 3.03. The lowest BCUT2D eigenvalue weighted by Crippen LogP contribution is -2.27. The maximum Gasteiger partial charge on any atom is 0.573 e. The molecule has 0 spiro atoms. The highest BCUT2D eigenvalue weighted by Crippen LogP contribution is 2.26. The van der Waals surface area contributed by atoms with Crippen LogP contribution in [0.2, 0.25) is 0 Å². The smallest absolute Gasteiger partial charge is 0.406 e. The van der Waals surface area contributed by atoms with Crippen molar-refractivity contribution < 1.29 is 27.5 Å². The van der Waals surface area contributed by atoms with E-state index >= 15 is 0 Å². The van der Waals surface area contributed by atoms with E-state index in [1.165, 1.54) is 24.3 Å². The van der Waals surface area contributed by atoms with Gasteiger partial charge in [0.25, 0.3) is 5.91 Å². The largest absolute Gasteiger partial charge is 0.573 e. The minimum Gasteiger partial charge on any atom is -0.406 e. The summed E-state index contributed by atoms with van der Waals surface area (Å²) in [5, 5.41) is 2.78. The van der Waals surface area contributed by atoms with Gasteiger partial charge >= 0.3 is 6.36 Å². The summed E-state index contributed by atoms with van der Waals surface area (Å²) in [5.74, 6) is -1.16. The Balaban J connectivity index is 2.06. The first kappa shape index (κ1) is 20.6. The zero-order chi connectivity index (χ0) is 20.0. The number of primary amides is 1. The van der Waals surface area contributed by atoms with E-state index in [0.29, 0.717) is 16.0 Å². The molecule has 3 N–H and O–H groups in total. The molecule has 0 aliphatic heterocycles. The van der Waals surface area contributed by atoms with E-state index in [0.717, 1.165) is 11.8 Å². The third-order valence-corrected chi connectivity index (χ3v) is 4.56. The number of nitrogens with one attached hydrogen (secondary N) is 1. The molecule has 27 heavy (non-hydrogen) atoms. The number of alkyl halides is 3. The molecule has 0 saturated heterocycles. The zero-order valence-corrected chi connectivity index (χ0v) is 15.1. The van der Waals surface area contributed by atoms with Crippen molar-refractivity contribution in [2.24, 2.45) is 5.73 Å². The minimum absolute atomic E-state index is 0.0422. The van der Waals surface area contributed by atoms with Crippen molar-refractivity contribution in [2.45, 2.75) is 24.2 Å². The SMILES string of the molecule is CC(NC(=O)c1ccccc1SCC(N)=O)c1ccc(OC(F)(F)F)cc1. The molecular weight excluding hydrogens is 381 g/mol. The maximum atomic E-state index is 12.5. The van der Waals surface area contributed by atoms with Gasteiger partial charge in [-0.3, -0.25) is 9.59 Å². The first-order valence-electron chi connectivity index (χ1n) is 7.82. The number of amides is 2. The Morgan fingerprint density at radius 3 is 2.37 bits per heavy atom. The molecule has 0 radical (unpaired) electrons. The number of rotatable bonds is 7. The molecule has 144 valence electrons. The quantitative estimate of drug-likeness (QED) is 0.698. The molecule has 2 rings (SSSR count). The number of ether oxygens (including phenoxy) is 1. The molecule has 2 aromatic rings. The van der Waals surface area contributed by atoms with Crippen LogP contribution in [0.15, 0.2) is 53.4 Å². The van der Waals surface area contributed by atoms with Crippen LogP contribution in [0.1, 0.15) is 28.9 Å². The highest BCUT2D eigenvalue weighted by Gasteiger charge is 2.31. The predicted molar refractivity (Wildman–Crippen MR) is 95.4 cm³/mol. The average molecular weight is 398 g/mol. The normalized spacial score (nSPS) is 12.3. The zero-order valence-electron chi connectivity index (χ0n) is 14.2. The van der Waals surface area contributed by atoms with Crippen molar-refractivity contribution in [2.75, 3.05) is 5.75 Å². The summed E-state index contributed by atoms with van der Waals surface area (Å²) in [6.45, 7) is 1.71. The molecule has 9 heteroatoms. The van der Waals surface area contributed by atoms with Gasteiger partial charge in [-0.25, -0.2) is 0 Å². The van der Waals surface area contributed by atoms with Crippen LogP contribution in [0.4, 0.5) is 13.2 Å². The van der Waals surface area contributed by atoms with Gasteiger partial charge in [0.15, 0.2) is 0 Å². The number of benzene rings is 2. The predicted octanol–water partition coefficient (Wildman–Crippen LogP) is 3.65. The second kappa shape index (κ2) is 8.81. The number of halogens is 3. The van der Waals surface area contributed by atoms with Crippen LogP contribution in [-0.4, -0.2) is 23.9 Å². The van der Waals surface area contributed by atoms with Gasteiger partial charge in [0.1, 0.15) is 5.75 Å². The molecular formula is C18H17F3N2O3S. The summed E-state index contributed by atoms with van der Waals surface area (Å²) in [6.07, 6.45) is -4.76. The van der Waals surface area contributed by atoms with Crippen LogP contribution < -0.4 is 15.8 Å². The lowest BCUT2D eigenvalue weighted by Gasteiger charge is -2.16. The van der Waals surface area contributed by atoms with Gasteiger partial charge in [-0.2, -0.15) is 0 Å². The van der Waals surface area contributed by atoms with Crippen molar-refractivity contribution in [3.05, 3.63) is 59.7 Å². The Labute approximate surface area is 158 Å². The maximum absolute atomic E-state index is 12.5. The molecule has 1 unspecified atom stereocenters. The lowest BCUT2D eigenvalue weighted by atomic mass is 10.1. The van der Waals surface area contributed by atoms with E-state index < -0.39 is 18.3 Å². The standard InChI is InChI=1S/C18H17F3N2O3S/c1-11(12-6-8-13(9-7-12)26-18(19,20)21)23-17(25)14-4-2-3-5-15(14)27-10-16(22)24/h2-9,11H,10H2,1H3,(H2,22,24)(H,23,25). The van der Waals surface area contributed by atoms with Crippen molar-refractivity contribution >= 4 is 23.6 Å². The van der Waals surface area contributed by atoms with Gasteiger partial charge in [-0.05, 0) is 36.8 Å². The summed E-state index contributed by atoms with van der Waals surface area (Å²) in [4.78, 5) is 24.1. The van der Waals surface area contributed by atoms with Crippen molar-refractivity contribution in [1.82, 2.24) is 5.32 Å². The second-order valence-electron chi connectivity index (χ2n) is 5.56. The molecule has 0 aromatic heterocycles. The van der Waals surface area contributed by atoms with Crippen LogP contribution in [-0.2, 0) is 4.79 Å². The third kappa shape index (κ3) is 6.52. The highest BCUT2D eigenvalue weighted by atomic mass is 32.2. The van der Waals surface area contributed by atoms with E-state index in [1.54, 1.807) is 31.2 Å². The van der Waals surface area contributed by atoms with Crippen LogP contribution in [0.3, 0.4) is 0 Å². The first-order chi connectivity index (χ1) is 12.7. The summed E-state index contributed by atoms with van der Waals surface area (Å²) in [6, 6.07) is 11.6. The van der Waals surface area contributed by atoms with Gasteiger partial charge in [0.05, 0.1) is 17.4 Å². The number of thioether (sulfide) groups is 1. The molecule has 2 aromatic carbocycles. The number of carbonyl (C=O) groups excluding carboxylic acids is 2. The van der Waals surface area contributed by atoms with E-state index in [9.17, 15) is 22.8 Å².